The molecule has 0 saturated heterocycles. The third-order valence-corrected chi connectivity index (χ3v) is 4.95. The van der Waals surface area contributed by atoms with E-state index in [0.717, 1.165) is 29.8 Å². The minimum absolute atomic E-state index is 0. The molecule has 3 unspecified atom stereocenters. The summed E-state index contributed by atoms with van der Waals surface area (Å²) in [7, 11) is 0. The van der Waals surface area contributed by atoms with Gasteiger partial charge in [0.05, 0.1) is 0 Å². The lowest BCUT2D eigenvalue weighted by Gasteiger charge is -2.24. The van der Waals surface area contributed by atoms with Crippen LogP contribution in [0, 0.1) is 0 Å². The summed E-state index contributed by atoms with van der Waals surface area (Å²) < 4.78 is 5.76. The van der Waals surface area contributed by atoms with Crippen molar-refractivity contribution in [2.24, 2.45) is 16.5 Å². The maximum absolute atomic E-state index is 6.59. The van der Waals surface area contributed by atoms with Gasteiger partial charge in [0.25, 0.3) is 0 Å². The van der Waals surface area contributed by atoms with Crippen molar-refractivity contribution in [3.05, 3.63) is 59.2 Å². The zero-order valence-corrected chi connectivity index (χ0v) is 15.6. The highest BCUT2D eigenvalue weighted by molar-refractivity contribution is 5.89. The van der Waals surface area contributed by atoms with Crippen LogP contribution in [0.1, 0.15) is 42.0 Å². The molecule has 0 saturated carbocycles. The third kappa shape index (κ3) is 3.47. The summed E-state index contributed by atoms with van der Waals surface area (Å²) in [4.78, 5) is 4.45. The minimum atomic E-state index is -0.177. The van der Waals surface area contributed by atoms with Crippen molar-refractivity contribution < 1.29 is 4.74 Å². The minimum Gasteiger partial charge on any atom is -0.481 e. The predicted octanol–water partition coefficient (Wildman–Crippen LogP) is 4.03. The molecule has 0 bridgehead atoms. The first-order valence-corrected chi connectivity index (χ1v) is 8.11. The van der Waals surface area contributed by atoms with Crippen LogP contribution in [0.2, 0.25) is 0 Å². The molecule has 1 aliphatic heterocycles. The maximum Gasteiger partial charge on any atom is 0.153 e. The first-order valence-electron chi connectivity index (χ1n) is 8.11. The molecule has 134 valence electrons. The Morgan fingerprint density at radius 3 is 2.72 bits per heavy atom. The summed E-state index contributed by atoms with van der Waals surface area (Å²) in [6.07, 6.45) is 2.02. The third-order valence-electron chi connectivity index (χ3n) is 4.95. The van der Waals surface area contributed by atoms with Crippen LogP contribution in [0.4, 0.5) is 5.69 Å². The molecular weight excluding hydrogens is 357 g/mol. The summed E-state index contributed by atoms with van der Waals surface area (Å²) in [6, 6.07) is 14.6. The molecule has 1 heterocycles. The SMILES string of the molecule is CC1Oc2ccc(C(N)C3CCc4ccccc43)cc2N=C1N.Cl.Cl. The van der Waals surface area contributed by atoms with Crippen LogP contribution in [0.15, 0.2) is 47.5 Å². The molecule has 0 spiro atoms. The van der Waals surface area contributed by atoms with E-state index in [1.165, 1.54) is 11.1 Å². The van der Waals surface area contributed by atoms with Gasteiger partial charge in [-0.15, -0.1) is 24.8 Å². The lowest BCUT2D eigenvalue weighted by Crippen LogP contribution is -2.33. The normalized spacial score (nSPS) is 21.6. The number of aryl methyl sites for hydroxylation is 1. The highest BCUT2D eigenvalue weighted by Crippen LogP contribution is 2.42. The Morgan fingerprint density at radius 2 is 1.92 bits per heavy atom. The number of halogens is 2. The molecule has 3 atom stereocenters. The fourth-order valence-electron chi connectivity index (χ4n) is 3.60. The highest BCUT2D eigenvalue weighted by Gasteiger charge is 2.29. The maximum atomic E-state index is 6.59. The van der Waals surface area contributed by atoms with Crippen LogP contribution in [-0.2, 0) is 6.42 Å². The van der Waals surface area contributed by atoms with E-state index in [4.69, 9.17) is 16.2 Å². The molecule has 4 N–H and O–H groups in total. The van der Waals surface area contributed by atoms with Crippen molar-refractivity contribution in [3.63, 3.8) is 0 Å². The number of fused-ring (bicyclic) bond motifs is 2. The van der Waals surface area contributed by atoms with E-state index >= 15 is 0 Å². The van der Waals surface area contributed by atoms with Gasteiger partial charge in [-0.2, -0.15) is 0 Å². The lowest BCUT2D eigenvalue weighted by molar-refractivity contribution is 0.281. The van der Waals surface area contributed by atoms with Gasteiger partial charge in [0.2, 0.25) is 0 Å². The van der Waals surface area contributed by atoms with Gasteiger partial charge < -0.3 is 16.2 Å². The zero-order chi connectivity index (χ0) is 16.0. The topological polar surface area (TPSA) is 73.6 Å². The largest absolute Gasteiger partial charge is 0.481 e. The van der Waals surface area contributed by atoms with E-state index in [1.54, 1.807) is 0 Å². The van der Waals surface area contributed by atoms with Gasteiger partial charge in [0.15, 0.2) is 6.10 Å². The average Bonchev–Trinajstić information content (AvgIpc) is 2.99. The van der Waals surface area contributed by atoms with E-state index in [9.17, 15) is 0 Å². The van der Waals surface area contributed by atoms with Crippen LogP contribution >= 0.6 is 24.8 Å². The van der Waals surface area contributed by atoms with Gasteiger partial charge in [-0.05, 0) is 48.6 Å². The molecule has 25 heavy (non-hydrogen) atoms. The molecule has 4 nitrogen and oxygen atoms in total. The second kappa shape index (κ2) is 7.65. The summed E-state index contributed by atoms with van der Waals surface area (Å²) in [5, 5.41) is 0. The Kier molecular flexibility index (Phi) is 5.99. The van der Waals surface area contributed by atoms with Crippen molar-refractivity contribution in [2.45, 2.75) is 37.8 Å². The molecule has 0 aromatic heterocycles. The van der Waals surface area contributed by atoms with Gasteiger partial charge in [0.1, 0.15) is 17.3 Å². The standard InChI is InChI=1S/C19H21N3O.2ClH/c1-11-19(21)22-16-10-13(7-9-17(16)23-11)18(20)15-8-6-12-4-2-3-5-14(12)15;;/h2-5,7,9-11,15,18H,6,8,20H2,1H3,(H2,21,22);2*1H. The molecule has 6 heteroatoms. The van der Waals surface area contributed by atoms with Crippen LogP contribution in [0.3, 0.4) is 0 Å². The van der Waals surface area contributed by atoms with Gasteiger partial charge in [0, 0.05) is 12.0 Å². The fraction of sp³-hybridized carbons (Fsp3) is 0.316. The Morgan fingerprint density at radius 1 is 1.16 bits per heavy atom. The number of nitrogens with zero attached hydrogens (tertiary/aromatic N) is 1. The fourth-order valence-corrected chi connectivity index (χ4v) is 3.60. The molecule has 2 aromatic carbocycles. The number of hydrogen-bond acceptors (Lipinski definition) is 4. The van der Waals surface area contributed by atoms with E-state index in [1.807, 2.05) is 25.1 Å². The lowest BCUT2D eigenvalue weighted by atomic mass is 9.88. The van der Waals surface area contributed by atoms with E-state index in [-0.39, 0.29) is 37.0 Å². The predicted molar refractivity (Wildman–Crippen MR) is 107 cm³/mol. The van der Waals surface area contributed by atoms with Crippen LogP contribution in [0.5, 0.6) is 5.75 Å². The number of aliphatic imine (C=N–C) groups is 1. The number of hydrogen-bond donors (Lipinski definition) is 2. The van der Waals surface area contributed by atoms with Gasteiger partial charge >= 0.3 is 0 Å². The summed E-state index contributed by atoms with van der Waals surface area (Å²) >= 11 is 0. The van der Waals surface area contributed by atoms with Crippen molar-refractivity contribution >= 4 is 36.3 Å². The summed E-state index contributed by atoms with van der Waals surface area (Å²) in [5.74, 6) is 1.64. The van der Waals surface area contributed by atoms with Gasteiger partial charge in [-0.3, -0.25) is 0 Å². The Hall–Kier alpha value is -1.75. The van der Waals surface area contributed by atoms with Crippen molar-refractivity contribution in [1.29, 1.82) is 0 Å². The number of amidine groups is 1. The Bertz CT molecular complexity index is 794. The molecule has 4 rings (SSSR count). The number of nitrogens with two attached hydrogens (primary N) is 2. The number of benzene rings is 2. The highest BCUT2D eigenvalue weighted by atomic mass is 35.5. The second-order valence-corrected chi connectivity index (χ2v) is 6.39. The molecule has 0 radical (unpaired) electrons. The molecule has 2 aromatic rings. The van der Waals surface area contributed by atoms with Crippen molar-refractivity contribution in [1.82, 2.24) is 0 Å². The van der Waals surface area contributed by atoms with Gasteiger partial charge in [-0.25, -0.2) is 4.99 Å². The number of ether oxygens (including phenoxy) is 1. The van der Waals surface area contributed by atoms with Gasteiger partial charge in [-0.1, -0.05) is 30.3 Å². The second-order valence-electron chi connectivity index (χ2n) is 6.39. The Balaban J connectivity index is 0.00000113. The molecular formula is C19H23Cl2N3O. The van der Waals surface area contributed by atoms with E-state index in [2.05, 4.69) is 29.3 Å². The van der Waals surface area contributed by atoms with Crippen LogP contribution in [0.25, 0.3) is 0 Å². The van der Waals surface area contributed by atoms with Crippen LogP contribution < -0.4 is 16.2 Å². The van der Waals surface area contributed by atoms with Crippen LogP contribution in [-0.4, -0.2) is 11.9 Å². The summed E-state index contributed by atoms with van der Waals surface area (Å²) in [5.41, 5.74) is 17.2. The van der Waals surface area contributed by atoms with Crippen molar-refractivity contribution in [3.8, 4) is 5.75 Å². The van der Waals surface area contributed by atoms with E-state index < -0.39 is 0 Å². The first kappa shape index (κ1) is 19.6. The number of rotatable bonds is 2. The first-order chi connectivity index (χ1) is 11.1. The smallest absolute Gasteiger partial charge is 0.153 e. The molecule has 2 aliphatic rings. The zero-order valence-electron chi connectivity index (χ0n) is 14.0. The average molecular weight is 380 g/mol. The molecule has 1 aliphatic carbocycles. The monoisotopic (exact) mass is 379 g/mol. The molecule has 0 fully saturated rings. The van der Waals surface area contributed by atoms with E-state index in [0.29, 0.717) is 11.8 Å². The summed E-state index contributed by atoms with van der Waals surface area (Å²) in [6.45, 7) is 1.90. The van der Waals surface area contributed by atoms with Crippen molar-refractivity contribution in [2.75, 3.05) is 0 Å². The molecule has 0 amide bonds. The quantitative estimate of drug-likeness (QED) is 0.826. The Labute approximate surface area is 160 Å².